The number of rotatable bonds is 3. The minimum absolute atomic E-state index is 0.0257. The van der Waals surface area contributed by atoms with Crippen molar-refractivity contribution in [3.05, 3.63) is 24.8 Å². The van der Waals surface area contributed by atoms with E-state index in [1.807, 2.05) is 19.1 Å². The average molecular weight is 180 g/mol. The van der Waals surface area contributed by atoms with Gasteiger partial charge in [0, 0.05) is 12.1 Å². The van der Waals surface area contributed by atoms with E-state index in [2.05, 4.69) is 11.9 Å². The van der Waals surface area contributed by atoms with E-state index in [9.17, 15) is 4.79 Å². The smallest absolute Gasteiger partial charge is 0.227 e. The lowest BCUT2D eigenvalue weighted by Crippen LogP contribution is -2.35. The molecule has 0 bridgehead atoms. The van der Waals surface area contributed by atoms with Gasteiger partial charge in [0.1, 0.15) is 0 Å². The summed E-state index contributed by atoms with van der Waals surface area (Å²) < 4.78 is 0. The molecule has 1 amide bonds. The van der Waals surface area contributed by atoms with Crippen LogP contribution in [0.25, 0.3) is 0 Å². The SMILES string of the molecule is C=CC(C)NC(=O)C1C=CC(N)C1. The van der Waals surface area contributed by atoms with Gasteiger partial charge in [-0.15, -0.1) is 6.58 Å². The molecule has 0 fully saturated rings. The number of carbonyl (C=O) groups excluding carboxylic acids is 1. The van der Waals surface area contributed by atoms with Crippen molar-refractivity contribution in [2.45, 2.75) is 25.4 Å². The van der Waals surface area contributed by atoms with Gasteiger partial charge in [0.15, 0.2) is 0 Å². The third-order valence-corrected chi connectivity index (χ3v) is 2.18. The zero-order valence-corrected chi connectivity index (χ0v) is 7.86. The van der Waals surface area contributed by atoms with Crippen molar-refractivity contribution in [3.8, 4) is 0 Å². The van der Waals surface area contributed by atoms with E-state index in [1.165, 1.54) is 0 Å². The average Bonchev–Trinajstić information content (AvgIpc) is 2.51. The van der Waals surface area contributed by atoms with Gasteiger partial charge >= 0.3 is 0 Å². The van der Waals surface area contributed by atoms with Crippen molar-refractivity contribution >= 4 is 5.91 Å². The molecule has 3 N–H and O–H groups in total. The molecule has 0 aromatic heterocycles. The molecule has 3 atom stereocenters. The Morgan fingerprint density at radius 2 is 2.46 bits per heavy atom. The number of amides is 1. The Bertz CT molecular complexity index is 235. The Morgan fingerprint density at radius 3 is 2.92 bits per heavy atom. The first kappa shape index (κ1) is 9.99. The van der Waals surface area contributed by atoms with Gasteiger partial charge < -0.3 is 11.1 Å². The molecule has 0 saturated carbocycles. The molecule has 1 aliphatic carbocycles. The largest absolute Gasteiger partial charge is 0.350 e. The summed E-state index contributed by atoms with van der Waals surface area (Å²) in [5, 5.41) is 2.83. The molecule has 13 heavy (non-hydrogen) atoms. The van der Waals surface area contributed by atoms with Crippen LogP contribution in [0.2, 0.25) is 0 Å². The van der Waals surface area contributed by atoms with Gasteiger partial charge in [-0.2, -0.15) is 0 Å². The maximum absolute atomic E-state index is 11.5. The van der Waals surface area contributed by atoms with Crippen LogP contribution in [0.3, 0.4) is 0 Å². The van der Waals surface area contributed by atoms with Crippen LogP contribution in [0.15, 0.2) is 24.8 Å². The fraction of sp³-hybridized carbons (Fsp3) is 0.500. The number of hydrogen-bond acceptors (Lipinski definition) is 2. The lowest BCUT2D eigenvalue weighted by Gasteiger charge is -2.13. The first-order valence-corrected chi connectivity index (χ1v) is 4.50. The second kappa shape index (κ2) is 4.23. The van der Waals surface area contributed by atoms with Crippen molar-refractivity contribution in [1.29, 1.82) is 0 Å². The molecular weight excluding hydrogens is 164 g/mol. The van der Waals surface area contributed by atoms with Gasteiger partial charge in [0.05, 0.1) is 5.92 Å². The summed E-state index contributed by atoms with van der Waals surface area (Å²) in [7, 11) is 0. The molecule has 3 unspecified atom stereocenters. The zero-order valence-electron chi connectivity index (χ0n) is 7.86. The molecular formula is C10H16N2O. The molecule has 0 radical (unpaired) electrons. The van der Waals surface area contributed by atoms with Crippen molar-refractivity contribution in [3.63, 3.8) is 0 Å². The molecule has 0 aliphatic heterocycles. The van der Waals surface area contributed by atoms with Crippen LogP contribution in [-0.2, 0) is 4.79 Å². The summed E-state index contributed by atoms with van der Waals surface area (Å²) in [5.41, 5.74) is 5.64. The monoisotopic (exact) mass is 180 g/mol. The predicted molar refractivity (Wildman–Crippen MR) is 53.0 cm³/mol. The molecule has 72 valence electrons. The molecule has 0 aromatic carbocycles. The summed E-state index contributed by atoms with van der Waals surface area (Å²) in [6.07, 6.45) is 6.17. The molecule has 1 rings (SSSR count). The molecule has 0 spiro atoms. The van der Waals surface area contributed by atoms with E-state index in [-0.39, 0.29) is 23.9 Å². The van der Waals surface area contributed by atoms with Gasteiger partial charge in [-0.25, -0.2) is 0 Å². The maximum Gasteiger partial charge on any atom is 0.227 e. The van der Waals surface area contributed by atoms with Gasteiger partial charge in [-0.1, -0.05) is 18.2 Å². The van der Waals surface area contributed by atoms with Crippen LogP contribution >= 0.6 is 0 Å². The number of carbonyl (C=O) groups is 1. The van der Waals surface area contributed by atoms with Crippen LogP contribution in [0, 0.1) is 5.92 Å². The van der Waals surface area contributed by atoms with E-state index >= 15 is 0 Å². The third kappa shape index (κ3) is 2.70. The highest BCUT2D eigenvalue weighted by Crippen LogP contribution is 2.16. The first-order chi connectivity index (χ1) is 6.13. The molecule has 3 nitrogen and oxygen atoms in total. The highest BCUT2D eigenvalue weighted by atomic mass is 16.1. The zero-order chi connectivity index (χ0) is 9.84. The van der Waals surface area contributed by atoms with Gasteiger partial charge in [0.2, 0.25) is 5.91 Å². The Balaban J connectivity index is 2.41. The van der Waals surface area contributed by atoms with Gasteiger partial charge in [-0.3, -0.25) is 4.79 Å². The quantitative estimate of drug-likeness (QED) is 0.624. The second-order valence-corrected chi connectivity index (χ2v) is 3.42. The summed E-state index contributed by atoms with van der Waals surface area (Å²) in [6.45, 7) is 5.49. The number of hydrogen-bond donors (Lipinski definition) is 2. The fourth-order valence-corrected chi connectivity index (χ4v) is 1.31. The van der Waals surface area contributed by atoms with Crippen molar-refractivity contribution in [2.24, 2.45) is 11.7 Å². The molecule has 1 aliphatic rings. The van der Waals surface area contributed by atoms with Crippen LogP contribution < -0.4 is 11.1 Å². The lowest BCUT2D eigenvalue weighted by atomic mass is 10.1. The second-order valence-electron chi connectivity index (χ2n) is 3.42. The minimum atomic E-state index is -0.0580. The molecule has 0 saturated heterocycles. The van der Waals surface area contributed by atoms with Crippen LogP contribution in [0.1, 0.15) is 13.3 Å². The summed E-state index contributed by atoms with van der Waals surface area (Å²) in [5.74, 6) is -0.0194. The number of nitrogens with one attached hydrogen (secondary N) is 1. The van der Waals surface area contributed by atoms with E-state index in [0.717, 1.165) is 6.42 Å². The predicted octanol–water partition coefficient (Wildman–Crippen LogP) is 0.581. The Kier molecular flexibility index (Phi) is 3.25. The maximum atomic E-state index is 11.5. The van der Waals surface area contributed by atoms with Crippen molar-refractivity contribution in [1.82, 2.24) is 5.32 Å². The van der Waals surface area contributed by atoms with Crippen LogP contribution in [0.5, 0.6) is 0 Å². The van der Waals surface area contributed by atoms with Crippen molar-refractivity contribution < 1.29 is 4.79 Å². The summed E-state index contributed by atoms with van der Waals surface area (Å²) in [4.78, 5) is 11.5. The summed E-state index contributed by atoms with van der Waals surface area (Å²) >= 11 is 0. The summed E-state index contributed by atoms with van der Waals surface area (Å²) in [6, 6.07) is 0.0625. The first-order valence-electron chi connectivity index (χ1n) is 4.50. The Hall–Kier alpha value is -1.09. The number of nitrogens with two attached hydrogens (primary N) is 1. The van der Waals surface area contributed by atoms with Crippen molar-refractivity contribution in [2.75, 3.05) is 0 Å². The van der Waals surface area contributed by atoms with Crippen LogP contribution in [0.4, 0.5) is 0 Å². The topological polar surface area (TPSA) is 55.1 Å². The molecule has 3 heteroatoms. The van der Waals surface area contributed by atoms with E-state index in [1.54, 1.807) is 6.08 Å². The standard InChI is InChI=1S/C10H16N2O/c1-3-7(2)12-10(13)8-4-5-9(11)6-8/h3-5,7-9H,1,6,11H2,2H3,(H,12,13). The highest BCUT2D eigenvalue weighted by Gasteiger charge is 2.22. The third-order valence-electron chi connectivity index (χ3n) is 2.18. The Labute approximate surface area is 78.7 Å². The highest BCUT2D eigenvalue weighted by molar-refractivity contribution is 5.81. The normalized spacial score (nSPS) is 28.5. The Morgan fingerprint density at radius 1 is 1.77 bits per heavy atom. The van der Waals surface area contributed by atoms with Crippen LogP contribution in [-0.4, -0.2) is 18.0 Å². The van der Waals surface area contributed by atoms with E-state index in [4.69, 9.17) is 5.73 Å². The van der Waals surface area contributed by atoms with E-state index in [0.29, 0.717) is 0 Å². The fourth-order valence-electron chi connectivity index (χ4n) is 1.31. The molecule has 0 aromatic rings. The lowest BCUT2D eigenvalue weighted by molar-refractivity contribution is -0.123. The minimum Gasteiger partial charge on any atom is -0.350 e. The van der Waals surface area contributed by atoms with Gasteiger partial charge in [0.25, 0.3) is 0 Å². The molecule has 0 heterocycles. The van der Waals surface area contributed by atoms with Gasteiger partial charge in [-0.05, 0) is 13.3 Å². The van der Waals surface area contributed by atoms with E-state index < -0.39 is 0 Å².